The van der Waals surface area contributed by atoms with Gasteiger partial charge in [-0.1, -0.05) is 25.0 Å². The first kappa shape index (κ1) is 23.9. The number of nitriles is 1. The average molecular weight is 450 g/mol. The Morgan fingerprint density at radius 3 is 2.45 bits per heavy atom. The number of imide groups is 1. The third kappa shape index (κ3) is 6.59. The molecule has 2 aliphatic rings. The molecule has 0 bridgehead atoms. The number of nitrogens with zero attached hydrogens (tertiary/aromatic N) is 1. The van der Waals surface area contributed by atoms with Gasteiger partial charge in [-0.2, -0.15) is 5.26 Å². The van der Waals surface area contributed by atoms with Gasteiger partial charge in [0.15, 0.2) is 5.78 Å². The van der Waals surface area contributed by atoms with Crippen molar-refractivity contribution in [3.63, 3.8) is 0 Å². The van der Waals surface area contributed by atoms with Crippen LogP contribution in [0.2, 0.25) is 0 Å². The molecular formula is C24H26N4O5. The van der Waals surface area contributed by atoms with Gasteiger partial charge in [0, 0.05) is 25.5 Å². The second-order valence-corrected chi connectivity index (χ2v) is 8.27. The minimum atomic E-state index is -1.06. The van der Waals surface area contributed by atoms with Gasteiger partial charge >= 0.3 is 0 Å². The summed E-state index contributed by atoms with van der Waals surface area (Å²) in [5, 5.41) is 16.3. The molecular weight excluding hydrogens is 424 g/mol. The van der Waals surface area contributed by atoms with E-state index >= 15 is 0 Å². The average Bonchev–Trinajstić information content (AvgIpc) is 3.45. The van der Waals surface area contributed by atoms with E-state index in [0.29, 0.717) is 5.56 Å². The van der Waals surface area contributed by atoms with Crippen LogP contribution in [0.25, 0.3) is 6.08 Å². The van der Waals surface area contributed by atoms with Crippen LogP contribution in [0.4, 0.5) is 0 Å². The lowest BCUT2D eigenvalue weighted by Crippen LogP contribution is -2.49. The lowest BCUT2D eigenvalue weighted by atomic mass is 9.87. The molecule has 1 aliphatic heterocycles. The highest BCUT2D eigenvalue weighted by molar-refractivity contribution is 6.15. The standard InChI is InChI=1S/C24H26N4O5/c25-14-16-7-5-15(6-8-16)9-10-19(29)26-12-11-20(30)27-22(17-3-1-2-4-17)23(32)18-13-21(31)28-24(18)33/h5-10,17-18,22H,1-4,11-13H2,(H,26,29)(H,27,30)(H,28,31,33)/b10-9+. The lowest BCUT2D eigenvalue weighted by molar-refractivity contribution is -0.136. The van der Waals surface area contributed by atoms with E-state index in [0.717, 1.165) is 31.2 Å². The van der Waals surface area contributed by atoms with E-state index in [9.17, 15) is 24.0 Å². The van der Waals surface area contributed by atoms with Gasteiger partial charge in [-0.15, -0.1) is 0 Å². The fraction of sp³-hybridized carbons (Fsp3) is 0.417. The molecule has 1 heterocycles. The van der Waals surface area contributed by atoms with Crippen molar-refractivity contribution in [2.75, 3.05) is 6.54 Å². The third-order valence-corrected chi connectivity index (χ3v) is 5.92. The van der Waals surface area contributed by atoms with E-state index in [1.807, 2.05) is 6.07 Å². The Balaban J connectivity index is 1.49. The second kappa shape index (κ2) is 11.2. The van der Waals surface area contributed by atoms with Crippen LogP contribution in [0.1, 0.15) is 49.7 Å². The van der Waals surface area contributed by atoms with Crippen LogP contribution in [0, 0.1) is 23.2 Å². The summed E-state index contributed by atoms with van der Waals surface area (Å²) in [6.07, 6.45) is 6.16. The summed E-state index contributed by atoms with van der Waals surface area (Å²) in [6, 6.07) is 7.94. The van der Waals surface area contributed by atoms with E-state index < -0.39 is 35.5 Å². The van der Waals surface area contributed by atoms with Crippen LogP contribution in [0.5, 0.6) is 0 Å². The molecule has 2 fully saturated rings. The first-order valence-corrected chi connectivity index (χ1v) is 11.0. The molecule has 172 valence electrons. The topological polar surface area (TPSA) is 145 Å². The number of benzene rings is 1. The molecule has 9 heteroatoms. The third-order valence-electron chi connectivity index (χ3n) is 5.92. The Bertz CT molecular complexity index is 1000. The van der Waals surface area contributed by atoms with Crippen molar-refractivity contribution in [2.24, 2.45) is 11.8 Å². The Morgan fingerprint density at radius 2 is 1.85 bits per heavy atom. The molecule has 0 spiro atoms. The Kier molecular flexibility index (Phi) is 8.08. The molecule has 2 unspecified atom stereocenters. The molecule has 1 saturated carbocycles. The quantitative estimate of drug-likeness (QED) is 0.291. The van der Waals surface area contributed by atoms with E-state index in [-0.39, 0.29) is 31.2 Å². The number of hydrogen-bond acceptors (Lipinski definition) is 6. The largest absolute Gasteiger partial charge is 0.352 e. The zero-order valence-electron chi connectivity index (χ0n) is 18.1. The van der Waals surface area contributed by atoms with Crippen molar-refractivity contribution in [2.45, 2.75) is 44.6 Å². The van der Waals surface area contributed by atoms with Gasteiger partial charge in [-0.25, -0.2) is 0 Å². The molecule has 3 N–H and O–H groups in total. The lowest BCUT2D eigenvalue weighted by Gasteiger charge is -2.25. The summed E-state index contributed by atoms with van der Waals surface area (Å²) in [4.78, 5) is 60.8. The molecule has 0 radical (unpaired) electrons. The predicted octanol–water partition coefficient (Wildman–Crippen LogP) is 0.985. The van der Waals surface area contributed by atoms with Crippen molar-refractivity contribution in [3.8, 4) is 6.07 Å². The number of hydrogen-bond donors (Lipinski definition) is 3. The Hall–Kier alpha value is -3.80. The highest BCUT2D eigenvalue weighted by atomic mass is 16.2. The molecule has 1 aliphatic carbocycles. The van der Waals surface area contributed by atoms with Gasteiger partial charge in [0.25, 0.3) is 0 Å². The van der Waals surface area contributed by atoms with E-state index in [1.165, 1.54) is 6.08 Å². The number of nitrogens with one attached hydrogen (secondary N) is 3. The van der Waals surface area contributed by atoms with Gasteiger partial charge in [0.1, 0.15) is 5.92 Å². The zero-order chi connectivity index (χ0) is 23.8. The summed E-state index contributed by atoms with van der Waals surface area (Å²) in [5.41, 5.74) is 1.28. The summed E-state index contributed by atoms with van der Waals surface area (Å²) in [7, 11) is 0. The molecule has 1 aromatic carbocycles. The van der Waals surface area contributed by atoms with Crippen LogP contribution in [0.15, 0.2) is 30.3 Å². The molecule has 4 amide bonds. The van der Waals surface area contributed by atoms with E-state index in [2.05, 4.69) is 16.0 Å². The number of carbonyl (C=O) groups excluding carboxylic acids is 5. The maximum Gasteiger partial charge on any atom is 0.244 e. The number of ketones is 1. The molecule has 0 aromatic heterocycles. The number of Topliss-reactive ketones (excluding diaryl/α,β-unsaturated/α-hetero) is 1. The van der Waals surface area contributed by atoms with E-state index in [4.69, 9.17) is 5.26 Å². The normalized spacial score (nSPS) is 19.2. The minimum absolute atomic E-state index is 0.0251. The minimum Gasteiger partial charge on any atom is -0.352 e. The fourth-order valence-corrected chi connectivity index (χ4v) is 4.16. The van der Waals surface area contributed by atoms with Gasteiger partial charge in [0.2, 0.25) is 23.6 Å². The van der Waals surface area contributed by atoms with Gasteiger partial charge in [-0.3, -0.25) is 29.3 Å². The maximum absolute atomic E-state index is 12.9. The summed E-state index contributed by atoms with van der Waals surface area (Å²) in [6.45, 7) is 0.0797. The van der Waals surface area contributed by atoms with Crippen LogP contribution in [0.3, 0.4) is 0 Å². The number of rotatable bonds is 9. The SMILES string of the molecule is N#Cc1ccc(/C=C/C(=O)NCCC(=O)NC(C(=O)C2CC(=O)NC2=O)C2CCCC2)cc1. The van der Waals surface area contributed by atoms with Gasteiger partial charge in [0.05, 0.1) is 17.7 Å². The smallest absolute Gasteiger partial charge is 0.244 e. The van der Waals surface area contributed by atoms with Gasteiger partial charge in [-0.05, 0) is 42.5 Å². The van der Waals surface area contributed by atoms with E-state index in [1.54, 1.807) is 30.3 Å². The van der Waals surface area contributed by atoms with Crippen molar-refractivity contribution in [1.29, 1.82) is 5.26 Å². The summed E-state index contributed by atoms with van der Waals surface area (Å²) >= 11 is 0. The number of amides is 4. The zero-order valence-corrected chi connectivity index (χ0v) is 18.1. The molecule has 3 rings (SSSR count). The second-order valence-electron chi connectivity index (χ2n) is 8.27. The fourth-order valence-electron chi connectivity index (χ4n) is 4.16. The molecule has 2 atom stereocenters. The number of carbonyl (C=O) groups is 5. The van der Waals surface area contributed by atoms with Crippen molar-refractivity contribution in [3.05, 3.63) is 41.5 Å². The van der Waals surface area contributed by atoms with Crippen molar-refractivity contribution < 1.29 is 24.0 Å². The maximum atomic E-state index is 12.9. The van der Waals surface area contributed by atoms with Crippen LogP contribution in [-0.4, -0.2) is 42.0 Å². The van der Waals surface area contributed by atoms with Crippen molar-refractivity contribution >= 4 is 35.5 Å². The molecule has 9 nitrogen and oxygen atoms in total. The molecule has 33 heavy (non-hydrogen) atoms. The Labute approximate surface area is 191 Å². The summed E-state index contributed by atoms with van der Waals surface area (Å²) in [5.74, 6) is -3.41. The monoisotopic (exact) mass is 450 g/mol. The molecule has 1 aromatic rings. The van der Waals surface area contributed by atoms with Gasteiger partial charge < -0.3 is 10.6 Å². The summed E-state index contributed by atoms with van der Waals surface area (Å²) < 4.78 is 0. The van der Waals surface area contributed by atoms with Crippen molar-refractivity contribution in [1.82, 2.24) is 16.0 Å². The Morgan fingerprint density at radius 1 is 1.15 bits per heavy atom. The van der Waals surface area contributed by atoms with Crippen LogP contribution >= 0.6 is 0 Å². The van der Waals surface area contributed by atoms with Crippen LogP contribution in [-0.2, 0) is 24.0 Å². The molecule has 1 saturated heterocycles. The first-order valence-electron chi connectivity index (χ1n) is 11.0. The highest BCUT2D eigenvalue weighted by Gasteiger charge is 2.42. The highest BCUT2D eigenvalue weighted by Crippen LogP contribution is 2.30. The first-order chi connectivity index (χ1) is 15.9. The van der Waals surface area contributed by atoms with Crippen LogP contribution < -0.4 is 16.0 Å². The predicted molar refractivity (Wildman–Crippen MR) is 118 cm³/mol.